The Morgan fingerprint density at radius 2 is 1.40 bits per heavy atom. The van der Waals surface area contributed by atoms with Gasteiger partial charge in [0.05, 0.1) is 13.7 Å². The monoisotopic (exact) mass is 413 g/mol. The highest BCUT2D eigenvalue weighted by Gasteiger charge is 2.26. The molecule has 0 saturated heterocycles. The van der Waals surface area contributed by atoms with Gasteiger partial charge in [0.25, 0.3) is 11.8 Å². The summed E-state index contributed by atoms with van der Waals surface area (Å²) in [5.74, 6) is 0.201. The fraction of sp³-hybridized carbons (Fsp3) is 0.318. The third-order valence-electron chi connectivity index (χ3n) is 4.69. The zero-order valence-corrected chi connectivity index (χ0v) is 17.7. The Labute approximate surface area is 176 Å². The lowest BCUT2D eigenvalue weighted by molar-refractivity contribution is -0.904. The number of quaternary nitrogens is 1. The summed E-state index contributed by atoms with van der Waals surface area (Å²) >= 11 is 0. The SMILES string of the molecule is CC[NH+](CC(=O)Nc1ccc(OC)cc1)[C@H](C)C(=O)Nc1ccc(NC(C)=O)cc1. The van der Waals surface area contributed by atoms with Crippen molar-refractivity contribution in [3.63, 3.8) is 0 Å². The number of carbonyl (C=O) groups excluding carboxylic acids is 3. The highest BCUT2D eigenvalue weighted by atomic mass is 16.5. The van der Waals surface area contributed by atoms with Crippen molar-refractivity contribution in [2.45, 2.75) is 26.8 Å². The third kappa shape index (κ3) is 6.89. The Bertz CT molecular complexity index is 866. The summed E-state index contributed by atoms with van der Waals surface area (Å²) in [6.07, 6.45) is 0. The van der Waals surface area contributed by atoms with Crippen LogP contribution in [0.2, 0.25) is 0 Å². The topological polar surface area (TPSA) is 101 Å². The molecule has 160 valence electrons. The molecule has 0 heterocycles. The van der Waals surface area contributed by atoms with Gasteiger partial charge in [0.2, 0.25) is 5.91 Å². The molecule has 0 aromatic heterocycles. The van der Waals surface area contributed by atoms with Gasteiger partial charge in [-0.05, 0) is 62.4 Å². The van der Waals surface area contributed by atoms with Crippen molar-refractivity contribution in [2.75, 3.05) is 36.1 Å². The number of methoxy groups -OCH3 is 1. The smallest absolute Gasteiger partial charge is 0.282 e. The number of carbonyl (C=O) groups is 3. The first-order chi connectivity index (χ1) is 14.3. The van der Waals surface area contributed by atoms with E-state index in [2.05, 4.69) is 16.0 Å². The number of hydrogen-bond donors (Lipinski definition) is 4. The third-order valence-corrected chi connectivity index (χ3v) is 4.69. The molecule has 4 N–H and O–H groups in total. The van der Waals surface area contributed by atoms with E-state index in [-0.39, 0.29) is 24.3 Å². The van der Waals surface area contributed by atoms with Crippen LogP contribution in [0.25, 0.3) is 0 Å². The van der Waals surface area contributed by atoms with Gasteiger partial charge < -0.3 is 25.6 Å². The standard InChI is InChI=1S/C22H28N4O4/c1-5-26(14-21(28)24-18-10-12-20(30-4)13-11-18)15(2)22(29)25-19-8-6-17(7-9-19)23-16(3)27/h6-13,15H,5,14H2,1-4H3,(H,23,27)(H,24,28)(H,25,29)/p+1/t15-/m1/s1. The maximum atomic E-state index is 12.6. The molecule has 0 fully saturated rings. The van der Waals surface area contributed by atoms with Gasteiger partial charge in [-0.25, -0.2) is 0 Å². The largest absolute Gasteiger partial charge is 0.497 e. The molecule has 2 atom stereocenters. The van der Waals surface area contributed by atoms with Crippen LogP contribution in [0.15, 0.2) is 48.5 Å². The van der Waals surface area contributed by atoms with Crippen molar-refractivity contribution in [1.82, 2.24) is 0 Å². The Kier molecular flexibility index (Phi) is 8.37. The van der Waals surface area contributed by atoms with Crippen LogP contribution in [0.4, 0.5) is 17.1 Å². The van der Waals surface area contributed by atoms with Crippen LogP contribution < -0.4 is 25.6 Å². The maximum Gasteiger partial charge on any atom is 0.282 e. The summed E-state index contributed by atoms with van der Waals surface area (Å²) in [6.45, 7) is 5.94. The predicted octanol–water partition coefficient (Wildman–Crippen LogP) is 1.52. The van der Waals surface area contributed by atoms with Crippen LogP contribution >= 0.6 is 0 Å². The molecule has 2 aromatic carbocycles. The van der Waals surface area contributed by atoms with Crippen molar-refractivity contribution < 1.29 is 24.0 Å². The fourth-order valence-electron chi connectivity index (χ4n) is 2.95. The number of nitrogens with one attached hydrogen (secondary N) is 4. The van der Waals surface area contributed by atoms with Gasteiger partial charge in [-0.3, -0.25) is 14.4 Å². The van der Waals surface area contributed by atoms with Crippen LogP contribution in [0.3, 0.4) is 0 Å². The second-order valence-corrected chi connectivity index (χ2v) is 6.93. The fourth-order valence-corrected chi connectivity index (χ4v) is 2.95. The number of anilines is 3. The number of rotatable bonds is 9. The van der Waals surface area contributed by atoms with Gasteiger partial charge in [-0.1, -0.05) is 0 Å². The average Bonchev–Trinajstić information content (AvgIpc) is 2.73. The van der Waals surface area contributed by atoms with E-state index >= 15 is 0 Å². The number of hydrogen-bond acceptors (Lipinski definition) is 4. The van der Waals surface area contributed by atoms with Crippen LogP contribution in [0, 0.1) is 0 Å². The first kappa shape index (κ1) is 22.9. The van der Waals surface area contributed by atoms with E-state index in [9.17, 15) is 14.4 Å². The van der Waals surface area contributed by atoms with Crippen molar-refractivity contribution in [3.05, 3.63) is 48.5 Å². The van der Waals surface area contributed by atoms with Crippen LogP contribution in [-0.2, 0) is 14.4 Å². The second kappa shape index (κ2) is 11.0. The molecule has 0 spiro atoms. The van der Waals surface area contributed by atoms with E-state index in [4.69, 9.17) is 4.74 Å². The minimum absolute atomic E-state index is 0.157. The van der Waals surface area contributed by atoms with Gasteiger partial charge in [-0.2, -0.15) is 0 Å². The molecule has 0 aliphatic carbocycles. The van der Waals surface area contributed by atoms with E-state index < -0.39 is 6.04 Å². The maximum absolute atomic E-state index is 12.6. The molecule has 2 rings (SSSR count). The van der Waals surface area contributed by atoms with Gasteiger partial charge in [-0.15, -0.1) is 0 Å². The lowest BCUT2D eigenvalue weighted by Gasteiger charge is -2.23. The molecule has 0 bridgehead atoms. The summed E-state index contributed by atoms with van der Waals surface area (Å²) < 4.78 is 5.11. The molecule has 8 nitrogen and oxygen atoms in total. The zero-order chi connectivity index (χ0) is 22.1. The van der Waals surface area contributed by atoms with Gasteiger partial charge >= 0.3 is 0 Å². The van der Waals surface area contributed by atoms with Crippen LogP contribution in [-0.4, -0.2) is 44.0 Å². The minimum Gasteiger partial charge on any atom is -0.497 e. The summed E-state index contributed by atoms with van der Waals surface area (Å²) in [6, 6.07) is 13.5. The Hall–Kier alpha value is -3.39. The molecular weight excluding hydrogens is 384 g/mol. The van der Waals surface area contributed by atoms with E-state index in [1.807, 2.05) is 6.92 Å². The number of amides is 3. The van der Waals surface area contributed by atoms with Crippen LogP contribution in [0.1, 0.15) is 20.8 Å². The molecule has 0 aliphatic heterocycles. The number of benzene rings is 2. The molecule has 0 radical (unpaired) electrons. The van der Waals surface area contributed by atoms with Crippen molar-refractivity contribution in [1.29, 1.82) is 0 Å². The second-order valence-electron chi connectivity index (χ2n) is 6.93. The van der Waals surface area contributed by atoms with Crippen molar-refractivity contribution >= 4 is 34.8 Å². The van der Waals surface area contributed by atoms with E-state index in [0.29, 0.717) is 29.4 Å². The summed E-state index contributed by atoms with van der Waals surface area (Å²) in [7, 11) is 1.58. The summed E-state index contributed by atoms with van der Waals surface area (Å²) in [4.78, 5) is 37.0. The molecule has 2 aromatic rings. The quantitative estimate of drug-likeness (QED) is 0.501. The Balaban J connectivity index is 1.91. The van der Waals surface area contributed by atoms with E-state index in [0.717, 1.165) is 4.90 Å². The lowest BCUT2D eigenvalue weighted by Crippen LogP contribution is -3.17. The molecule has 0 aliphatic rings. The van der Waals surface area contributed by atoms with E-state index in [1.54, 1.807) is 62.6 Å². The van der Waals surface area contributed by atoms with Gasteiger partial charge in [0.1, 0.15) is 5.75 Å². The average molecular weight is 413 g/mol. The lowest BCUT2D eigenvalue weighted by atomic mass is 10.2. The highest BCUT2D eigenvalue weighted by molar-refractivity contribution is 5.95. The molecule has 30 heavy (non-hydrogen) atoms. The Morgan fingerprint density at radius 3 is 1.90 bits per heavy atom. The summed E-state index contributed by atoms with van der Waals surface area (Å²) in [5, 5.41) is 8.37. The Morgan fingerprint density at radius 1 is 0.900 bits per heavy atom. The molecule has 0 saturated carbocycles. The molecule has 8 heteroatoms. The van der Waals surface area contributed by atoms with Gasteiger partial charge in [0, 0.05) is 24.0 Å². The molecular formula is C22H29N4O4+. The summed E-state index contributed by atoms with van der Waals surface area (Å²) in [5.41, 5.74) is 1.95. The normalized spacial score (nSPS) is 12.4. The number of likely N-dealkylation sites (N-methyl/N-ethyl adjacent to an activating group) is 1. The number of ether oxygens (including phenoxy) is 1. The molecule has 1 unspecified atom stereocenters. The van der Waals surface area contributed by atoms with Crippen molar-refractivity contribution in [2.24, 2.45) is 0 Å². The van der Waals surface area contributed by atoms with E-state index in [1.165, 1.54) is 6.92 Å². The first-order valence-electron chi connectivity index (χ1n) is 9.79. The first-order valence-corrected chi connectivity index (χ1v) is 9.79. The zero-order valence-electron chi connectivity index (χ0n) is 17.7. The van der Waals surface area contributed by atoms with Gasteiger partial charge in [0.15, 0.2) is 12.6 Å². The predicted molar refractivity (Wildman–Crippen MR) is 117 cm³/mol. The minimum atomic E-state index is -0.424. The van der Waals surface area contributed by atoms with Crippen molar-refractivity contribution in [3.8, 4) is 5.75 Å². The highest BCUT2D eigenvalue weighted by Crippen LogP contribution is 2.15. The molecule has 3 amide bonds. The van der Waals surface area contributed by atoms with Crippen LogP contribution in [0.5, 0.6) is 5.75 Å².